The van der Waals surface area contributed by atoms with Crippen LogP contribution in [0.2, 0.25) is 0 Å². The van der Waals surface area contributed by atoms with Gasteiger partial charge in [-0.1, -0.05) is 0 Å². The monoisotopic (exact) mass is 328 g/mol. The van der Waals surface area contributed by atoms with Gasteiger partial charge in [0.2, 0.25) is 0 Å². The van der Waals surface area contributed by atoms with Gasteiger partial charge in [-0.3, -0.25) is 4.55 Å². The molecule has 0 amide bonds. The van der Waals surface area contributed by atoms with Gasteiger partial charge < -0.3 is 14.3 Å². The lowest BCUT2D eigenvalue weighted by Crippen LogP contribution is -2.46. The zero-order valence-electron chi connectivity index (χ0n) is 10.9. The first kappa shape index (κ1) is 16.2. The molecule has 2 aliphatic rings. The number of aldehydes is 1. The van der Waals surface area contributed by atoms with E-state index in [-0.39, 0.29) is 17.8 Å². The Kier molecular flexibility index (Phi) is 4.06. The van der Waals surface area contributed by atoms with E-state index in [4.69, 9.17) is 9.29 Å². The Hall–Kier alpha value is -1.13. The number of methoxy groups -OCH3 is 1. The Morgan fingerprint density at radius 1 is 1.33 bits per heavy atom. The summed E-state index contributed by atoms with van der Waals surface area (Å²) in [4.78, 5) is 22.2. The van der Waals surface area contributed by atoms with Gasteiger partial charge in [0.1, 0.15) is 12.4 Å². The molecular weight excluding hydrogens is 314 g/mol. The SMILES string of the molecule is COC1C2CC(CC2C=O)C1OC(=O)C(F)(F)S(=O)(=O)O. The van der Waals surface area contributed by atoms with Crippen molar-refractivity contribution in [3.63, 3.8) is 0 Å². The maximum atomic E-state index is 13.2. The summed E-state index contributed by atoms with van der Waals surface area (Å²) < 4.78 is 65.4. The molecule has 2 rings (SSSR count). The van der Waals surface area contributed by atoms with E-state index in [0.717, 1.165) is 6.29 Å². The van der Waals surface area contributed by atoms with Crippen LogP contribution in [-0.2, 0) is 29.2 Å². The Morgan fingerprint density at radius 2 is 1.95 bits per heavy atom. The first-order valence-corrected chi connectivity index (χ1v) is 7.61. The van der Waals surface area contributed by atoms with Crippen LogP contribution in [0.4, 0.5) is 8.78 Å². The summed E-state index contributed by atoms with van der Waals surface area (Å²) in [5, 5.41) is -5.03. The Bertz CT molecular complexity index is 547. The molecule has 10 heteroatoms. The fraction of sp³-hybridized carbons (Fsp3) is 0.818. The van der Waals surface area contributed by atoms with Gasteiger partial charge in [-0.05, 0) is 24.7 Å². The van der Waals surface area contributed by atoms with Gasteiger partial charge in [0.15, 0.2) is 0 Å². The standard InChI is InChI=1S/C11H14F2O7S/c1-19-9-7-3-5(2-6(7)4-14)8(9)20-10(15)11(12,13)21(16,17)18/h4-9H,2-3H2,1H3,(H,16,17,18). The highest BCUT2D eigenvalue weighted by Crippen LogP contribution is 2.50. The van der Waals surface area contributed by atoms with Crippen LogP contribution in [0.15, 0.2) is 0 Å². The van der Waals surface area contributed by atoms with Gasteiger partial charge in [-0.15, -0.1) is 0 Å². The zero-order chi connectivity index (χ0) is 16.0. The molecule has 0 aromatic carbocycles. The van der Waals surface area contributed by atoms with E-state index in [9.17, 15) is 26.8 Å². The number of fused-ring (bicyclic) bond motifs is 2. The quantitative estimate of drug-likeness (QED) is 0.438. The molecule has 5 atom stereocenters. The van der Waals surface area contributed by atoms with Gasteiger partial charge in [-0.2, -0.15) is 17.2 Å². The summed E-state index contributed by atoms with van der Waals surface area (Å²) in [5.74, 6) is -3.24. The molecule has 0 aromatic heterocycles. The molecule has 2 bridgehead atoms. The first-order valence-electron chi connectivity index (χ1n) is 6.17. The third kappa shape index (κ3) is 2.55. The number of hydrogen-bond donors (Lipinski definition) is 1. The van der Waals surface area contributed by atoms with Crippen LogP contribution in [-0.4, -0.2) is 49.8 Å². The van der Waals surface area contributed by atoms with Crippen LogP contribution in [0.5, 0.6) is 0 Å². The van der Waals surface area contributed by atoms with E-state index in [1.54, 1.807) is 0 Å². The van der Waals surface area contributed by atoms with Crippen molar-refractivity contribution < 1.29 is 40.8 Å². The fourth-order valence-corrected chi connectivity index (χ4v) is 3.49. The van der Waals surface area contributed by atoms with Crippen molar-refractivity contribution in [2.45, 2.75) is 30.3 Å². The van der Waals surface area contributed by atoms with Crippen LogP contribution in [0.25, 0.3) is 0 Å². The molecule has 21 heavy (non-hydrogen) atoms. The van der Waals surface area contributed by atoms with Crippen molar-refractivity contribution in [1.82, 2.24) is 0 Å². The molecule has 2 aliphatic carbocycles. The van der Waals surface area contributed by atoms with Crippen LogP contribution in [0.1, 0.15) is 12.8 Å². The summed E-state index contributed by atoms with van der Waals surface area (Å²) in [6.07, 6.45) is -0.223. The van der Waals surface area contributed by atoms with E-state index in [2.05, 4.69) is 4.74 Å². The minimum Gasteiger partial charge on any atom is -0.454 e. The smallest absolute Gasteiger partial charge is 0.454 e. The lowest BCUT2D eigenvalue weighted by molar-refractivity contribution is -0.179. The van der Waals surface area contributed by atoms with Gasteiger partial charge in [0.25, 0.3) is 0 Å². The van der Waals surface area contributed by atoms with E-state index in [1.165, 1.54) is 7.11 Å². The lowest BCUT2D eigenvalue weighted by Gasteiger charge is -2.32. The van der Waals surface area contributed by atoms with Gasteiger partial charge in [0, 0.05) is 13.0 Å². The molecule has 0 heterocycles. The molecule has 0 radical (unpaired) electrons. The van der Waals surface area contributed by atoms with E-state index in [1.807, 2.05) is 0 Å². The Morgan fingerprint density at radius 3 is 2.43 bits per heavy atom. The Balaban J connectivity index is 2.14. The average Bonchev–Trinajstić information content (AvgIpc) is 2.94. The zero-order valence-corrected chi connectivity index (χ0v) is 11.8. The molecule has 5 unspecified atom stereocenters. The molecule has 2 fully saturated rings. The maximum Gasteiger partial charge on any atom is 0.465 e. The second kappa shape index (κ2) is 5.25. The molecule has 120 valence electrons. The van der Waals surface area contributed by atoms with Crippen molar-refractivity contribution in [3.8, 4) is 0 Å². The second-order valence-corrected chi connectivity index (χ2v) is 6.72. The van der Waals surface area contributed by atoms with Crippen molar-refractivity contribution in [3.05, 3.63) is 0 Å². The minimum absolute atomic E-state index is 0.255. The van der Waals surface area contributed by atoms with Gasteiger partial charge >= 0.3 is 21.3 Å². The van der Waals surface area contributed by atoms with Crippen molar-refractivity contribution >= 4 is 22.4 Å². The number of rotatable bonds is 5. The molecule has 7 nitrogen and oxygen atoms in total. The van der Waals surface area contributed by atoms with Crippen molar-refractivity contribution in [2.24, 2.45) is 17.8 Å². The third-order valence-corrected chi connectivity index (χ3v) is 4.98. The first-order chi connectivity index (χ1) is 9.63. The molecular formula is C11H14F2O7S. The predicted molar refractivity (Wildman–Crippen MR) is 62.9 cm³/mol. The van der Waals surface area contributed by atoms with E-state index in [0.29, 0.717) is 12.8 Å². The largest absolute Gasteiger partial charge is 0.465 e. The number of esters is 1. The minimum atomic E-state index is -5.90. The predicted octanol–water partition coefficient (Wildman–Crippen LogP) is 0.249. The highest BCUT2D eigenvalue weighted by Gasteiger charge is 2.59. The average molecular weight is 328 g/mol. The molecule has 1 N–H and O–H groups in total. The van der Waals surface area contributed by atoms with E-state index < -0.39 is 33.5 Å². The molecule has 0 saturated heterocycles. The number of carbonyl (C=O) groups is 2. The molecule has 0 spiro atoms. The topological polar surface area (TPSA) is 107 Å². The lowest BCUT2D eigenvalue weighted by atomic mass is 9.86. The number of halogens is 2. The molecule has 2 saturated carbocycles. The summed E-state index contributed by atoms with van der Waals surface area (Å²) in [6, 6.07) is 0. The van der Waals surface area contributed by atoms with Crippen LogP contribution >= 0.6 is 0 Å². The third-order valence-electron chi connectivity index (χ3n) is 4.16. The number of carbonyl (C=O) groups excluding carboxylic acids is 2. The van der Waals surface area contributed by atoms with Gasteiger partial charge in [0.05, 0.1) is 6.10 Å². The highest BCUT2D eigenvalue weighted by molar-refractivity contribution is 7.87. The van der Waals surface area contributed by atoms with Crippen LogP contribution in [0.3, 0.4) is 0 Å². The summed E-state index contributed by atoms with van der Waals surface area (Å²) >= 11 is 0. The fourth-order valence-electron chi connectivity index (χ4n) is 3.23. The summed E-state index contributed by atoms with van der Waals surface area (Å²) in [5.41, 5.74) is 0. The summed E-state index contributed by atoms with van der Waals surface area (Å²) in [6.45, 7) is 0. The highest BCUT2D eigenvalue weighted by atomic mass is 32.2. The molecule has 0 aliphatic heterocycles. The van der Waals surface area contributed by atoms with Gasteiger partial charge in [-0.25, -0.2) is 4.79 Å². The van der Waals surface area contributed by atoms with Crippen LogP contribution < -0.4 is 0 Å². The van der Waals surface area contributed by atoms with Crippen molar-refractivity contribution in [2.75, 3.05) is 7.11 Å². The van der Waals surface area contributed by atoms with Crippen molar-refractivity contribution in [1.29, 1.82) is 0 Å². The molecule has 0 aromatic rings. The Labute approximate surface area is 119 Å². The number of hydrogen-bond acceptors (Lipinski definition) is 6. The normalized spacial score (nSPS) is 35.7. The maximum absolute atomic E-state index is 13.2. The second-order valence-electron chi connectivity index (χ2n) is 5.26. The number of ether oxygens (including phenoxy) is 2. The number of alkyl halides is 2. The summed E-state index contributed by atoms with van der Waals surface area (Å²) in [7, 11) is -4.61. The van der Waals surface area contributed by atoms with E-state index >= 15 is 0 Å². The van der Waals surface area contributed by atoms with Crippen LogP contribution in [0, 0.1) is 17.8 Å².